The number of nitrogens with zero attached hydrogens (tertiary/aromatic N) is 3. The van der Waals surface area contributed by atoms with Crippen LogP contribution < -0.4 is 10.2 Å². The number of hydrogen-bond acceptors (Lipinski definition) is 4. The molecular weight excluding hydrogens is 283 g/mol. The van der Waals surface area contributed by atoms with Crippen LogP contribution in [-0.4, -0.2) is 75.6 Å². The average molecular weight is 308 g/mol. The maximum absolute atomic E-state index is 12.9. The number of hydrogen-bond donors (Lipinski definition) is 1. The first-order valence-corrected chi connectivity index (χ1v) is 7.70. The molecule has 2 rings (SSSR count). The van der Waals surface area contributed by atoms with Crippen molar-refractivity contribution in [1.82, 2.24) is 15.1 Å². The van der Waals surface area contributed by atoms with Gasteiger partial charge in [0.05, 0.1) is 6.54 Å². The molecule has 1 aromatic rings. The molecular formula is C16H25FN4O. The molecule has 1 aliphatic rings. The van der Waals surface area contributed by atoms with Crippen molar-refractivity contribution in [2.75, 3.05) is 64.8 Å². The van der Waals surface area contributed by atoms with Crippen LogP contribution in [0.2, 0.25) is 0 Å². The quantitative estimate of drug-likeness (QED) is 0.782. The summed E-state index contributed by atoms with van der Waals surface area (Å²) in [4.78, 5) is 18.3. The number of halogens is 1. The summed E-state index contributed by atoms with van der Waals surface area (Å²) in [6.45, 7) is 5.13. The molecule has 0 atom stereocenters. The topological polar surface area (TPSA) is 38.8 Å². The fraction of sp³-hybridized carbons (Fsp3) is 0.562. The van der Waals surface area contributed by atoms with Gasteiger partial charge in [-0.1, -0.05) is 0 Å². The number of likely N-dealkylation sites (N-methyl/N-ethyl adjacent to an activating group) is 1. The standard InChI is InChI=1S/C16H25FN4O/c1-19(2)8-7-18-13-16(22)21-11-9-20(10-12-21)15-5-3-14(17)4-6-15/h3-6,18H,7-13H2,1-2H3. The summed E-state index contributed by atoms with van der Waals surface area (Å²) in [6.07, 6.45) is 0. The van der Waals surface area contributed by atoms with Crippen LogP contribution in [0.3, 0.4) is 0 Å². The van der Waals surface area contributed by atoms with Gasteiger partial charge in [-0.2, -0.15) is 0 Å². The fourth-order valence-electron chi connectivity index (χ4n) is 2.48. The molecule has 0 spiro atoms. The molecule has 1 saturated heterocycles. The first kappa shape index (κ1) is 16.7. The minimum absolute atomic E-state index is 0.150. The van der Waals surface area contributed by atoms with Gasteiger partial charge in [0, 0.05) is 45.0 Å². The van der Waals surface area contributed by atoms with Crippen LogP contribution in [0.5, 0.6) is 0 Å². The highest BCUT2D eigenvalue weighted by Crippen LogP contribution is 2.16. The lowest BCUT2D eigenvalue weighted by atomic mass is 10.2. The van der Waals surface area contributed by atoms with E-state index in [1.807, 2.05) is 19.0 Å². The summed E-state index contributed by atoms with van der Waals surface area (Å²) in [5.41, 5.74) is 1.01. The lowest BCUT2D eigenvalue weighted by molar-refractivity contribution is -0.130. The van der Waals surface area contributed by atoms with Crippen LogP contribution in [-0.2, 0) is 4.79 Å². The Morgan fingerprint density at radius 3 is 2.41 bits per heavy atom. The summed E-state index contributed by atoms with van der Waals surface area (Å²) >= 11 is 0. The van der Waals surface area contributed by atoms with E-state index >= 15 is 0 Å². The molecule has 22 heavy (non-hydrogen) atoms. The Bertz CT molecular complexity index is 470. The van der Waals surface area contributed by atoms with Crippen molar-refractivity contribution in [3.05, 3.63) is 30.1 Å². The van der Waals surface area contributed by atoms with Crippen molar-refractivity contribution >= 4 is 11.6 Å². The molecule has 0 radical (unpaired) electrons. The first-order chi connectivity index (χ1) is 10.6. The third kappa shape index (κ3) is 4.96. The van der Waals surface area contributed by atoms with Crippen molar-refractivity contribution < 1.29 is 9.18 Å². The number of carbonyl (C=O) groups excluding carboxylic acids is 1. The number of nitrogens with one attached hydrogen (secondary N) is 1. The van der Waals surface area contributed by atoms with E-state index in [2.05, 4.69) is 15.1 Å². The zero-order chi connectivity index (χ0) is 15.9. The van der Waals surface area contributed by atoms with E-state index in [0.29, 0.717) is 19.6 Å². The van der Waals surface area contributed by atoms with Crippen molar-refractivity contribution in [3.63, 3.8) is 0 Å². The van der Waals surface area contributed by atoms with Gasteiger partial charge in [0.2, 0.25) is 5.91 Å². The summed E-state index contributed by atoms with van der Waals surface area (Å²) in [5.74, 6) is -0.0705. The van der Waals surface area contributed by atoms with Crippen molar-refractivity contribution in [2.24, 2.45) is 0 Å². The molecule has 1 fully saturated rings. The van der Waals surface area contributed by atoms with E-state index in [1.165, 1.54) is 12.1 Å². The van der Waals surface area contributed by atoms with Crippen molar-refractivity contribution in [2.45, 2.75) is 0 Å². The van der Waals surface area contributed by atoms with E-state index in [4.69, 9.17) is 0 Å². The molecule has 1 amide bonds. The Kier molecular flexibility index (Phi) is 6.15. The number of anilines is 1. The molecule has 0 unspecified atom stereocenters. The predicted octanol–water partition coefficient (Wildman–Crippen LogP) is 0.626. The third-order valence-corrected chi connectivity index (χ3v) is 3.84. The monoisotopic (exact) mass is 308 g/mol. The average Bonchev–Trinajstić information content (AvgIpc) is 2.52. The Morgan fingerprint density at radius 2 is 1.82 bits per heavy atom. The fourth-order valence-corrected chi connectivity index (χ4v) is 2.48. The lowest BCUT2D eigenvalue weighted by Gasteiger charge is -2.36. The van der Waals surface area contributed by atoms with Crippen LogP contribution in [0.25, 0.3) is 0 Å². The molecule has 1 aliphatic heterocycles. The van der Waals surface area contributed by atoms with Gasteiger partial charge in [-0.15, -0.1) is 0 Å². The largest absolute Gasteiger partial charge is 0.368 e. The molecule has 0 bridgehead atoms. The molecule has 0 saturated carbocycles. The van der Waals surface area contributed by atoms with Gasteiger partial charge < -0.3 is 20.0 Å². The molecule has 122 valence electrons. The third-order valence-electron chi connectivity index (χ3n) is 3.84. The number of rotatable bonds is 6. The highest BCUT2D eigenvalue weighted by molar-refractivity contribution is 5.78. The minimum atomic E-state index is -0.221. The Hall–Kier alpha value is -1.66. The van der Waals surface area contributed by atoms with Gasteiger partial charge in [0.15, 0.2) is 0 Å². The second-order valence-electron chi connectivity index (χ2n) is 5.82. The van der Waals surface area contributed by atoms with Crippen LogP contribution >= 0.6 is 0 Å². The highest BCUT2D eigenvalue weighted by atomic mass is 19.1. The number of amides is 1. The predicted molar refractivity (Wildman–Crippen MR) is 86.6 cm³/mol. The molecule has 1 aromatic carbocycles. The molecule has 1 N–H and O–H groups in total. The van der Waals surface area contributed by atoms with Gasteiger partial charge in [-0.05, 0) is 38.4 Å². The molecule has 6 heteroatoms. The van der Waals surface area contributed by atoms with Gasteiger partial charge >= 0.3 is 0 Å². The first-order valence-electron chi connectivity index (χ1n) is 7.70. The zero-order valence-electron chi connectivity index (χ0n) is 13.4. The van der Waals surface area contributed by atoms with Crippen molar-refractivity contribution in [1.29, 1.82) is 0 Å². The van der Waals surface area contributed by atoms with Crippen LogP contribution in [0.1, 0.15) is 0 Å². The Balaban J connectivity index is 1.72. The van der Waals surface area contributed by atoms with E-state index in [9.17, 15) is 9.18 Å². The summed E-state index contributed by atoms with van der Waals surface area (Å²) in [7, 11) is 4.02. The van der Waals surface area contributed by atoms with E-state index in [-0.39, 0.29) is 11.7 Å². The van der Waals surface area contributed by atoms with E-state index in [1.54, 1.807) is 12.1 Å². The maximum Gasteiger partial charge on any atom is 0.236 e. The number of carbonyl (C=O) groups is 1. The van der Waals surface area contributed by atoms with Gasteiger partial charge in [-0.3, -0.25) is 4.79 Å². The molecule has 5 nitrogen and oxygen atoms in total. The van der Waals surface area contributed by atoms with Crippen LogP contribution in [0.4, 0.5) is 10.1 Å². The normalized spacial score (nSPS) is 15.5. The van der Waals surface area contributed by atoms with Gasteiger partial charge in [0.25, 0.3) is 0 Å². The van der Waals surface area contributed by atoms with Gasteiger partial charge in [-0.25, -0.2) is 4.39 Å². The van der Waals surface area contributed by atoms with Crippen molar-refractivity contribution in [3.8, 4) is 0 Å². The van der Waals surface area contributed by atoms with Crippen LogP contribution in [0.15, 0.2) is 24.3 Å². The van der Waals surface area contributed by atoms with Gasteiger partial charge in [0.1, 0.15) is 5.82 Å². The Morgan fingerprint density at radius 1 is 1.18 bits per heavy atom. The Labute approximate surface area is 131 Å². The zero-order valence-corrected chi connectivity index (χ0v) is 13.4. The lowest BCUT2D eigenvalue weighted by Crippen LogP contribution is -2.51. The smallest absolute Gasteiger partial charge is 0.236 e. The summed E-state index contributed by atoms with van der Waals surface area (Å²) in [6, 6.07) is 6.52. The van der Waals surface area contributed by atoms with Crippen LogP contribution in [0, 0.1) is 5.82 Å². The SMILES string of the molecule is CN(C)CCNCC(=O)N1CCN(c2ccc(F)cc2)CC1. The second-order valence-corrected chi connectivity index (χ2v) is 5.82. The van der Waals surface area contributed by atoms with E-state index < -0.39 is 0 Å². The minimum Gasteiger partial charge on any atom is -0.368 e. The maximum atomic E-state index is 12.9. The molecule has 0 aromatic heterocycles. The number of piperazine rings is 1. The summed E-state index contributed by atoms with van der Waals surface area (Å²) in [5, 5.41) is 3.17. The number of benzene rings is 1. The second kappa shape index (κ2) is 8.10. The van der Waals surface area contributed by atoms with E-state index in [0.717, 1.165) is 31.9 Å². The molecule has 1 heterocycles. The highest BCUT2D eigenvalue weighted by Gasteiger charge is 2.20. The molecule has 0 aliphatic carbocycles. The summed E-state index contributed by atoms with van der Waals surface area (Å²) < 4.78 is 12.9.